The van der Waals surface area contributed by atoms with Crippen molar-refractivity contribution >= 4 is 17.4 Å². The molecular formula is C18H22F3N5O. The molecule has 3 rings (SSSR count). The van der Waals surface area contributed by atoms with E-state index >= 15 is 0 Å². The van der Waals surface area contributed by atoms with Gasteiger partial charge in [-0.2, -0.15) is 13.2 Å². The Hall–Kier alpha value is -2.58. The molecule has 27 heavy (non-hydrogen) atoms. The van der Waals surface area contributed by atoms with Gasteiger partial charge in [0.1, 0.15) is 11.5 Å². The Bertz CT molecular complexity index is 803. The first kappa shape index (κ1) is 19.2. The Kier molecular flexibility index (Phi) is 5.12. The molecule has 2 N–H and O–H groups in total. The third-order valence-electron chi connectivity index (χ3n) is 5.02. The zero-order valence-corrected chi connectivity index (χ0v) is 15.3. The van der Waals surface area contributed by atoms with Crippen molar-refractivity contribution in [2.45, 2.75) is 32.4 Å². The van der Waals surface area contributed by atoms with E-state index < -0.39 is 11.9 Å². The van der Waals surface area contributed by atoms with Crippen molar-refractivity contribution in [3.63, 3.8) is 0 Å². The summed E-state index contributed by atoms with van der Waals surface area (Å²) in [6.45, 7) is 2.76. The number of aromatic nitrogens is 1. The van der Waals surface area contributed by atoms with Crippen LogP contribution in [0.5, 0.6) is 0 Å². The van der Waals surface area contributed by atoms with Gasteiger partial charge in [0.15, 0.2) is 0 Å². The van der Waals surface area contributed by atoms with Crippen LogP contribution in [0.2, 0.25) is 0 Å². The van der Waals surface area contributed by atoms with Gasteiger partial charge >= 0.3 is 6.18 Å². The van der Waals surface area contributed by atoms with Crippen molar-refractivity contribution in [3.8, 4) is 0 Å². The van der Waals surface area contributed by atoms with Crippen LogP contribution in [0.25, 0.3) is 0 Å². The lowest BCUT2D eigenvalue weighted by atomic mass is 9.99. The highest BCUT2D eigenvalue weighted by atomic mass is 19.4. The molecule has 0 saturated carbocycles. The molecule has 0 aromatic carbocycles. The first-order chi connectivity index (χ1) is 12.7. The minimum absolute atomic E-state index is 0.0851. The molecular weight excluding hydrogens is 359 g/mol. The van der Waals surface area contributed by atoms with Crippen molar-refractivity contribution in [1.82, 2.24) is 15.2 Å². The highest BCUT2D eigenvalue weighted by molar-refractivity contribution is 6.09. The fourth-order valence-corrected chi connectivity index (χ4v) is 3.54. The van der Waals surface area contributed by atoms with Gasteiger partial charge in [-0.25, -0.2) is 0 Å². The molecule has 0 saturated heterocycles. The number of aryl methyl sites for hydroxylation is 1. The smallest absolute Gasteiger partial charge is 0.391 e. The van der Waals surface area contributed by atoms with Gasteiger partial charge in [-0.3, -0.25) is 15.2 Å². The van der Waals surface area contributed by atoms with Gasteiger partial charge in [-0.15, -0.1) is 0 Å². The minimum Gasteiger partial charge on any atom is -0.391 e. The van der Waals surface area contributed by atoms with Crippen LogP contribution in [0, 0.1) is 5.41 Å². The highest BCUT2D eigenvalue weighted by Gasteiger charge is 2.35. The van der Waals surface area contributed by atoms with E-state index in [1.807, 2.05) is 0 Å². The molecule has 1 amide bonds. The number of carbonyl (C=O) groups excluding carboxylic acids is 1. The fraction of sp³-hybridized carbons (Fsp3) is 0.500. The summed E-state index contributed by atoms with van der Waals surface area (Å²) in [5, 5.41) is 11.8. The number of halogens is 3. The number of pyridine rings is 1. The maximum Gasteiger partial charge on any atom is 0.433 e. The second-order valence-electron chi connectivity index (χ2n) is 6.70. The van der Waals surface area contributed by atoms with Gasteiger partial charge in [0.2, 0.25) is 5.91 Å². The summed E-state index contributed by atoms with van der Waals surface area (Å²) in [4.78, 5) is 18.5. The fourth-order valence-electron chi connectivity index (χ4n) is 3.54. The Morgan fingerprint density at radius 3 is 2.67 bits per heavy atom. The van der Waals surface area contributed by atoms with Gasteiger partial charge in [0.25, 0.3) is 0 Å². The van der Waals surface area contributed by atoms with Crippen LogP contribution in [0.4, 0.5) is 18.9 Å². The number of alkyl halides is 3. The predicted molar refractivity (Wildman–Crippen MR) is 95.6 cm³/mol. The first-order valence-electron chi connectivity index (χ1n) is 8.80. The lowest BCUT2D eigenvalue weighted by Crippen LogP contribution is -2.44. The molecule has 9 heteroatoms. The zero-order valence-electron chi connectivity index (χ0n) is 15.3. The maximum atomic E-state index is 13.1. The minimum atomic E-state index is -4.54. The maximum absolute atomic E-state index is 13.1. The molecule has 0 radical (unpaired) electrons. The van der Waals surface area contributed by atoms with Crippen molar-refractivity contribution < 1.29 is 18.0 Å². The molecule has 146 valence electrons. The Morgan fingerprint density at radius 1 is 1.30 bits per heavy atom. The lowest BCUT2D eigenvalue weighted by Gasteiger charge is -2.36. The topological polar surface area (TPSA) is 72.3 Å². The van der Waals surface area contributed by atoms with Crippen molar-refractivity contribution in [1.29, 1.82) is 5.41 Å². The van der Waals surface area contributed by atoms with Crippen LogP contribution < -0.4 is 10.2 Å². The number of hydrogen-bond donors (Lipinski definition) is 2. The highest BCUT2D eigenvalue weighted by Crippen LogP contribution is 2.35. The summed E-state index contributed by atoms with van der Waals surface area (Å²) in [6, 6.07) is 1.02. The molecule has 6 nitrogen and oxygen atoms in total. The van der Waals surface area contributed by atoms with Crippen LogP contribution in [0.1, 0.15) is 31.0 Å². The molecule has 0 atom stereocenters. The zero-order chi connectivity index (χ0) is 19.8. The molecule has 0 aliphatic carbocycles. The number of rotatable bonds is 2. The summed E-state index contributed by atoms with van der Waals surface area (Å²) in [5.41, 5.74) is 1.59. The third-order valence-corrected chi connectivity index (χ3v) is 5.02. The molecule has 3 heterocycles. The van der Waals surface area contributed by atoms with Crippen LogP contribution in [-0.2, 0) is 17.4 Å². The van der Waals surface area contributed by atoms with Gasteiger partial charge < -0.3 is 15.1 Å². The SMILES string of the molecule is CNC1=C(C(=N)N2CCCc3cnc(C(F)(F)F)cc32)CN(C(C)=O)CC1. The molecule has 0 unspecified atom stereocenters. The number of amidine groups is 1. The lowest BCUT2D eigenvalue weighted by molar-refractivity contribution is -0.141. The van der Waals surface area contributed by atoms with Gasteiger partial charge in [0.05, 0.1) is 6.54 Å². The van der Waals surface area contributed by atoms with Crippen molar-refractivity contribution in [2.75, 3.05) is 31.6 Å². The molecule has 0 spiro atoms. The summed E-state index contributed by atoms with van der Waals surface area (Å²) in [6.07, 6.45) is -1.35. The average Bonchev–Trinajstić information content (AvgIpc) is 2.65. The van der Waals surface area contributed by atoms with Crippen LogP contribution in [0.3, 0.4) is 0 Å². The van der Waals surface area contributed by atoms with E-state index in [2.05, 4.69) is 10.3 Å². The van der Waals surface area contributed by atoms with E-state index in [4.69, 9.17) is 5.41 Å². The molecule has 0 bridgehead atoms. The van der Waals surface area contributed by atoms with Crippen molar-refractivity contribution in [2.24, 2.45) is 0 Å². The Balaban J connectivity index is 1.98. The standard InChI is InChI=1S/C18H22F3N5O/c1-11(27)25-7-5-14(23-2)13(10-25)17(22)26-6-3-4-12-9-24-16(8-15(12)26)18(19,20)21/h8-9,22-23H,3-7,10H2,1-2H3. The number of anilines is 1. The first-order valence-corrected chi connectivity index (χ1v) is 8.80. The number of fused-ring (bicyclic) bond motifs is 1. The molecule has 1 aromatic rings. The second kappa shape index (κ2) is 7.21. The van der Waals surface area contributed by atoms with Gasteiger partial charge in [0, 0.05) is 56.6 Å². The van der Waals surface area contributed by atoms with E-state index in [0.717, 1.165) is 18.2 Å². The van der Waals surface area contributed by atoms with E-state index in [-0.39, 0.29) is 18.3 Å². The summed E-state index contributed by atoms with van der Waals surface area (Å²) in [7, 11) is 1.75. The van der Waals surface area contributed by atoms with E-state index in [0.29, 0.717) is 42.8 Å². The number of carbonyl (C=O) groups is 1. The molecule has 1 aromatic heterocycles. The summed E-state index contributed by atoms with van der Waals surface area (Å²) < 4.78 is 39.3. The number of hydrogen-bond acceptors (Lipinski definition) is 4. The van der Waals surface area contributed by atoms with Crippen LogP contribution >= 0.6 is 0 Å². The number of amides is 1. The summed E-state index contributed by atoms with van der Waals surface area (Å²) >= 11 is 0. The van der Waals surface area contributed by atoms with E-state index in [9.17, 15) is 18.0 Å². The van der Waals surface area contributed by atoms with Gasteiger partial charge in [-0.05, 0) is 24.5 Å². The van der Waals surface area contributed by atoms with E-state index in [1.165, 1.54) is 13.1 Å². The molecule has 0 fully saturated rings. The Morgan fingerprint density at radius 2 is 2.04 bits per heavy atom. The van der Waals surface area contributed by atoms with Gasteiger partial charge in [-0.1, -0.05) is 0 Å². The number of nitrogens with one attached hydrogen (secondary N) is 2. The quantitative estimate of drug-likeness (QED) is 0.610. The predicted octanol–water partition coefficient (Wildman–Crippen LogP) is 2.56. The Labute approximate surface area is 155 Å². The van der Waals surface area contributed by atoms with Crippen LogP contribution in [0.15, 0.2) is 23.5 Å². The summed E-state index contributed by atoms with van der Waals surface area (Å²) in [5.74, 6) is 0.0450. The second-order valence-corrected chi connectivity index (χ2v) is 6.70. The van der Waals surface area contributed by atoms with E-state index in [1.54, 1.807) is 16.8 Å². The average molecular weight is 381 g/mol. The third kappa shape index (κ3) is 3.77. The molecule has 2 aliphatic heterocycles. The molecule has 2 aliphatic rings. The normalized spacial score (nSPS) is 17.7. The van der Waals surface area contributed by atoms with Crippen molar-refractivity contribution in [3.05, 3.63) is 34.8 Å². The largest absolute Gasteiger partial charge is 0.433 e. The number of nitrogens with zero attached hydrogens (tertiary/aromatic N) is 3. The van der Waals surface area contributed by atoms with Crippen LogP contribution in [-0.4, -0.2) is 48.3 Å². The monoisotopic (exact) mass is 381 g/mol.